The number of aromatic nitrogens is 3. The zero-order chi connectivity index (χ0) is 17.5. The van der Waals surface area contributed by atoms with Gasteiger partial charge in [0.2, 0.25) is 0 Å². The Hall–Kier alpha value is -3.28. The van der Waals surface area contributed by atoms with Gasteiger partial charge < -0.3 is 10.6 Å². The minimum Gasteiger partial charge on any atom is -0.365 e. The van der Waals surface area contributed by atoms with Crippen molar-refractivity contribution in [1.29, 1.82) is 0 Å². The standard InChI is InChI=1S/C19H19N5O/c1-14-4-2-3-5-16(14)11-22-18-13-21-17(12-23-18)19(25)24-10-15-6-8-20-9-7-15/h2-9,12-13H,10-11H2,1H3,(H,22,23)(H,24,25). The van der Waals surface area contributed by atoms with E-state index >= 15 is 0 Å². The Morgan fingerprint density at radius 2 is 1.80 bits per heavy atom. The Labute approximate surface area is 146 Å². The van der Waals surface area contributed by atoms with Crippen molar-refractivity contribution in [3.63, 3.8) is 0 Å². The highest BCUT2D eigenvalue weighted by molar-refractivity contribution is 5.91. The first-order valence-electron chi connectivity index (χ1n) is 8.00. The van der Waals surface area contributed by atoms with E-state index < -0.39 is 0 Å². The highest BCUT2D eigenvalue weighted by Gasteiger charge is 2.08. The smallest absolute Gasteiger partial charge is 0.271 e. The van der Waals surface area contributed by atoms with E-state index in [0.29, 0.717) is 18.9 Å². The van der Waals surface area contributed by atoms with Crippen LogP contribution in [-0.2, 0) is 13.1 Å². The summed E-state index contributed by atoms with van der Waals surface area (Å²) in [5.74, 6) is 0.378. The molecule has 0 saturated heterocycles. The third kappa shape index (κ3) is 4.60. The summed E-state index contributed by atoms with van der Waals surface area (Å²) in [4.78, 5) is 24.5. The number of hydrogen-bond acceptors (Lipinski definition) is 5. The topological polar surface area (TPSA) is 79.8 Å². The number of pyridine rings is 1. The Balaban J connectivity index is 1.54. The van der Waals surface area contributed by atoms with Gasteiger partial charge >= 0.3 is 0 Å². The lowest BCUT2D eigenvalue weighted by molar-refractivity contribution is 0.0945. The molecule has 1 amide bonds. The predicted octanol–water partition coefficient (Wildman–Crippen LogP) is 2.72. The number of nitrogens with one attached hydrogen (secondary N) is 2. The summed E-state index contributed by atoms with van der Waals surface area (Å²) in [5, 5.41) is 6.02. The molecule has 0 radical (unpaired) electrons. The van der Waals surface area contributed by atoms with Gasteiger partial charge in [-0.15, -0.1) is 0 Å². The molecule has 0 spiro atoms. The number of carbonyl (C=O) groups excluding carboxylic acids is 1. The van der Waals surface area contributed by atoms with Gasteiger partial charge in [-0.1, -0.05) is 24.3 Å². The molecule has 0 aliphatic carbocycles. The minimum absolute atomic E-state index is 0.255. The van der Waals surface area contributed by atoms with Crippen LogP contribution in [0.15, 0.2) is 61.2 Å². The van der Waals surface area contributed by atoms with Gasteiger partial charge in [-0.2, -0.15) is 0 Å². The first-order valence-corrected chi connectivity index (χ1v) is 8.00. The van der Waals surface area contributed by atoms with Crippen LogP contribution in [0, 0.1) is 6.92 Å². The molecule has 25 heavy (non-hydrogen) atoms. The minimum atomic E-state index is -0.255. The third-order valence-electron chi connectivity index (χ3n) is 3.81. The van der Waals surface area contributed by atoms with E-state index in [1.165, 1.54) is 17.3 Å². The second-order valence-corrected chi connectivity index (χ2v) is 5.61. The van der Waals surface area contributed by atoms with Crippen LogP contribution in [0.4, 0.5) is 5.82 Å². The van der Waals surface area contributed by atoms with Gasteiger partial charge in [-0.25, -0.2) is 9.97 Å². The van der Waals surface area contributed by atoms with E-state index in [9.17, 15) is 4.79 Å². The number of aryl methyl sites for hydroxylation is 1. The predicted molar refractivity (Wildman–Crippen MR) is 95.9 cm³/mol. The van der Waals surface area contributed by atoms with E-state index in [1.54, 1.807) is 18.6 Å². The van der Waals surface area contributed by atoms with Crippen molar-refractivity contribution in [2.75, 3.05) is 5.32 Å². The van der Waals surface area contributed by atoms with E-state index in [-0.39, 0.29) is 11.6 Å². The maximum absolute atomic E-state index is 12.1. The third-order valence-corrected chi connectivity index (χ3v) is 3.81. The summed E-state index contributed by atoms with van der Waals surface area (Å²) in [5.41, 5.74) is 3.68. The van der Waals surface area contributed by atoms with Crippen molar-refractivity contribution in [1.82, 2.24) is 20.3 Å². The van der Waals surface area contributed by atoms with Crippen molar-refractivity contribution in [2.24, 2.45) is 0 Å². The lowest BCUT2D eigenvalue weighted by Crippen LogP contribution is -2.24. The lowest BCUT2D eigenvalue weighted by atomic mass is 10.1. The van der Waals surface area contributed by atoms with Gasteiger partial charge in [0.25, 0.3) is 5.91 Å². The molecular weight excluding hydrogens is 314 g/mol. The van der Waals surface area contributed by atoms with Crippen LogP contribution in [0.25, 0.3) is 0 Å². The van der Waals surface area contributed by atoms with Crippen LogP contribution in [0.2, 0.25) is 0 Å². The quantitative estimate of drug-likeness (QED) is 0.725. The molecule has 3 aromatic rings. The molecule has 0 atom stereocenters. The monoisotopic (exact) mass is 333 g/mol. The summed E-state index contributed by atoms with van der Waals surface area (Å²) >= 11 is 0. The van der Waals surface area contributed by atoms with E-state index in [0.717, 1.165) is 5.56 Å². The molecule has 0 bridgehead atoms. The Morgan fingerprint density at radius 1 is 1.00 bits per heavy atom. The number of anilines is 1. The summed E-state index contributed by atoms with van der Waals surface area (Å²) in [6.45, 7) is 3.16. The molecular formula is C19H19N5O. The van der Waals surface area contributed by atoms with Crippen molar-refractivity contribution < 1.29 is 4.79 Å². The largest absolute Gasteiger partial charge is 0.365 e. The van der Waals surface area contributed by atoms with Gasteiger partial charge in [0.1, 0.15) is 11.5 Å². The molecule has 126 valence electrons. The fourth-order valence-electron chi connectivity index (χ4n) is 2.30. The molecule has 0 aliphatic heterocycles. The molecule has 2 aromatic heterocycles. The Bertz CT molecular complexity index is 834. The lowest BCUT2D eigenvalue weighted by Gasteiger charge is -2.08. The van der Waals surface area contributed by atoms with Crippen LogP contribution in [0.3, 0.4) is 0 Å². The van der Waals surface area contributed by atoms with E-state index in [4.69, 9.17) is 0 Å². The van der Waals surface area contributed by atoms with Crippen LogP contribution < -0.4 is 10.6 Å². The molecule has 1 aromatic carbocycles. The summed E-state index contributed by atoms with van der Waals surface area (Å²) < 4.78 is 0. The average Bonchev–Trinajstić information content (AvgIpc) is 2.67. The molecule has 2 N–H and O–H groups in total. The van der Waals surface area contributed by atoms with Crippen molar-refractivity contribution in [3.05, 3.63) is 83.6 Å². The van der Waals surface area contributed by atoms with Crippen LogP contribution in [0.5, 0.6) is 0 Å². The van der Waals surface area contributed by atoms with E-state index in [2.05, 4.69) is 44.6 Å². The molecule has 0 unspecified atom stereocenters. The van der Waals surface area contributed by atoms with Gasteiger partial charge in [-0.3, -0.25) is 9.78 Å². The summed E-state index contributed by atoms with van der Waals surface area (Å²) in [6, 6.07) is 11.9. The first-order chi connectivity index (χ1) is 12.2. The summed E-state index contributed by atoms with van der Waals surface area (Å²) in [7, 11) is 0. The maximum Gasteiger partial charge on any atom is 0.271 e. The SMILES string of the molecule is Cc1ccccc1CNc1cnc(C(=O)NCc2ccncc2)cn1. The average molecular weight is 333 g/mol. The normalized spacial score (nSPS) is 10.3. The first kappa shape index (κ1) is 16.6. The molecule has 6 nitrogen and oxygen atoms in total. The highest BCUT2D eigenvalue weighted by atomic mass is 16.1. The van der Waals surface area contributed by atoms with Crippen LogP contribution in [0.1, 0.15) is 27.2 Å². The highest BCUT2D eigenvalue weighted by Crippen LogP contribution is 2.10. The number of carbonyl (C=O) groups is 1. The fraction of sp³-hybridized carbons (Fsp3) is 0.158. The number of hydrogen-bond donors (Lipinski definition) is 2. The zero-order valence-corrected chi connectivity index (χ0v) is 13.9. The second-order valence-electron chi connectivity index (χ2n) is 5.61. The second kappa shape index (κ2) is 8.01. The van der Waals surface area contributed by atoms with Crippen LogP contribution in [-0.4, -0.2) is 20.9 Å². The maximum atomic E-state index is 12.1. The van der Waals surface area contributed by atoms with Crippen molar-refractivity contribution >= 4 is 11.7 Å². The number of benzene rings is 1. The molecule has 6 heteroatoms. The van der Waals surface area contributed by atoms with Gasteiger partial charge in [0.15, 0.2) is 0 Å². The molecule has 0 fully saturated rings. The number of nitrogens with zero attached hydrogens (tertiary/aromatic N) is 3. The van der Waals surface area contributed by atoms with Gasteiger partial charge in [-0.05, 0) is 35.7 Å². The molecule has 0 saturated carbocycles. The zero-order valence-electron chi connectivity index (χ0n) is 13.9. The fourth-order valence-corrected chi connectivity index (χ4v) is 2.30. The van der Waals surface area contributed by atoms with Crippen molar-refractivity contribution in [2.45, 2.75) is 20.0 Å². The van der Waals surface area contributed by atoms with Gasteiger partial charge in [0, 0.05) is 25.5 Å². The molecule has 3 rings (SSSR count). The number of amides is 1. The Kier molecular flexibility index (Phi) is 5.31. The van der Waals surface area contributed by atoms with Crippen molar-refractivity contribution in [3.8, 4) is 0 Å². The van der Waals surface area contributed by atoms with Gasteiger partial charge in [0.05, 0.1) is 12.4 Å². The Morgan fingerprint density at radius 3 is 2.52 bits per heavy atom. The van der Waals surface area contributed by atoms with Crippen LogP contribution >= 0.6 is 0 Å². The molecule has 2 heterocycles. The number of rotatable bonds is 6. The molecule has 0 aliphatic rings. The summed E-state index contributed by atoms with van der Waals surface area (Å²) in [6.07, 6.45) is 6.42. The van der Waals surface area contributed by atoms with E-state index in [1.807, 2.05) is 24.3 Å².